The Morgan fingerprint density at radius 1 is 0.641 bits per heavy atom. The Balaban J connectivity index is 1.23. The van der Waals surface area contributed by atoms with Gasteiger partial charge in [0.25, 0.3) is 11.8 Å². The fourth-order valence-corrected chi connectivity index (χ4v) is 4.16. The molecule has 1 aromatic heterocycles. The highest BCUT2D eigenvalue weighted by Crippen LogP contribution is 2.24. The zero-order valence-corrected chi connectivity index (χ0v) is 22.3. The third kappa shape index (κ3) is 5.75. The Labute approximate surface area is 227 Å². The van der Waals surface area contributed by atoms with Crippen LogP contribution in [0.4, 0.5) is 22.7 Å². The molecule has 4 aromatic carbocycles. The van der Waals surface area contributed by atoms with Crippen molar-refractivity contribution in [3.8, 4) is 11.4 Å². The molecule has 39 heavy (non-hydrogen) atoms. The number of rotatable bonds is 7. The van der Waals surface area contributed by atoms with E-state index < -0.39 is 0 Å². The average molecular weight is 519 g/mol. The monoisotopic (exact) mass is 518 g/mol. The molecule has 8 nitrogen and oxygen atoms in total. The fraction of sp³-hybridized carbons (Fsp3) is 0.129. The van der Waals surface area contributed by atoms with Crippen LogP contribution in [0.1, 0.15) is 20.7 Å². The van der Waals surface area contributed by atoms with Gasteiger partial charge in [-0.05, 0) is 91.0 Å². The number of hydrogen-bond donors (Lipinski definition) is 3. The van der Waals surface area contributed by atoms with Gasteiger partial charge >= 0.3 is 0 Å². The quantitative estimate of drug-likeness (QED) is 0.251. The lowest BCUT2D eigenvalue weighted by Gasteiger charge is -2.13. The van der Waals surface area contributed by atoms with Crippen molar-refractivity contribution in [2.45, 2.75) is 0 Å². The molecule has 0 aliphatic heterocycles. The number of aromatic amines is 1. The molecule has 3 N–H and O–H groups in total. The number of anilines is 4. The fourth-order valence-electron chi connectivity index (χ4n) is 4.16. The Morgan fingerprint density at radius 2 is 1.13 bits per heavy atom. The number of fused-ring (bicyclic) bond motifs is 1. The maximum Gasteiger partial charge on any atom is 0.255 e. The van der Waals surface area contributed by atoms with Crippen LogP contribution < -0.4 is 20.4 Å². The first-order valence-corrected chi connectivity index (χ1v) is 12.5. The van der Waals surface area contributed by atoms with Crippen molar-refractivity contribution in [2.24, 2.45) is 0 Å². The van der Waals surface area contributed by atoms with Crippen LogP contribution in [0.25, 0.3) is 22.4 Å². The van der Waals surface area contributed by atoms with Crippen molar-refractivity contribution in [3.05, 3.63) is 102 Å². The zero-order chi connectivity index (χ0) is 27.5. The van der Waals surface area contributed by atoms with Crippen molar-refractivity contribution in [1.29, 1.82) is 0 Å². The molecular formula is C31H30N6O2. The maximum atomic E-state index is 12.9. The van der Waals surface area contributed by atoms with Crippen LogP contribution in [-0.4, -0.2) is 50.0 Å². The molecule has 0 fully saturated rings. The molecule has 196 valence electrons. The molecule has 0 saturated carbocycles. The van der Waals surface area contributed by atoms with Crippen LogP contribution in [0.3, 0.4) is 0 Å². The first kappa shape index (κ1) is 25.5. The van der Waals surface area contributed by atoms with E-state index in [0.29, 0.717) is 22.5 Å². The van der Waals surface area contributed by atoms with Gasteiger partial charge in [0.05, 0.1) is 11.0 Å². The number of carbonyl (C=O) groups is 2. The van der Waals surface area contributed by atoms with Crippen LogP contribution in [0, 0.1) is 0 Å². The van der Waals surface area contributed by atoms with Crippen LogP contribution in [0.15, 0.2) is 91.0 Å². The minimum atomic E-state index is -0.235. The molecule has 0 spiro atoms. The summed E-state index contributed by atoms with van der Waals surface area (Å²) in [5, 5.41) is 5.80. The van der Waals surface area contributed by atoms with Gasteiger partial charge in [-0.25, -0.2) is 4.98 Å². The van der Waals surface area contributed by atoms with Crippen LogP contribution >= 0.6 is 0 Å². The Bertz CT molecular complexity index is 1620. The van der Waals surface area contributed by atoms with E-state index in [4.69, 9.17) is 0 Å². The van der Waals surface area contributed by atoms with Crippen molar-refractivity contribution in [1.82, 2.24) is 9.97 Å². The van der Waals surface area contributed by atoms with Gasteiger partial charge in [0.2, 0.25) is 0 Å². The molecule has 0 aliphatic carbocycles. The lowest BCUT2D eigenvalue weighted by molar-refractivity contribution is 0.101. The molecule has 0 bridgehead atoms. The van der Waals surface area contributed by atoms with E-state index in [1.165, 1.54) is 0 Å². The largest absolute Gasteiger partial charge is 0.378 e. The number of benzene rings is 4. The summed E-state index contributed by atoms with van der Waals surface area (Å²) in [7, 11) is 7.91. The van der Waals surface area contributed by atoms with Gasteiger partial charge in [0, 0.05) is 67.6 Å². The van der Waals surface area contributed by atoms with Crippen molar-refractivity contribution in [3.63, 3.8) is 0 Å². The molecule has 0 unspecified atom stereocenters. The van der Waals surface area contributed by atoms with Gasteiger partial charge in [-0.1, -0.05) is 0 Å². The number of amides is 2. The van der Waals surface area contributed by atoms with Crippen molar-refractivity contribution < 1.29 is 9.59 Å². The van der Waals surface area contributed by atoms with Crippen molar-refractivity contribution >= 4 is 45.6 Å². The van der Waals surface area contributed by atoms with E-state index in [-0.39, 0.29) is 11.8 Å². The molecule has 1 heterocycles. The predicted octanol–water partition coefficient (Wildman–Crippen LogP) is 5.87. The normalized spacial score (nSPS) is 10.8. The van der Waals surface area contributed by atoms with E-state index in [9.17, 15) is 9.59 Å². The maximum absolute atomic E-state index is 12.9. The first-order valence-electron chi connectivity index (χ1n) is 12.5. The molecule has 8 heteroatoms. The summed E-state index contributed by atoms with van der Waals surface area (Å²) in [6.45, 7) is 0. The average Bonchev–Trinajstić information content (AvgIpc) is 3.38. The minimum absolute atomic E-state index is 0.196. The number of hydrogen-bond acceptors (Lipinski definition) is 5. The lowest BCUT2D eigenvalue weighted by Crippen LogP contribution is -2.14. The van der Waals surface area contributed by atoms with Crippen LogP contribution in [0.5, 0.6) is 0 Å². The Kier molecular flexibility index (Phi) is 7.01. The molecule has 5 rings (SSSR count). The van der Waals surface area contributed by atoms with E-state index in [1.54, 1.807) is 48.5 Å². The summed E-state index contributed by atoms with van der Waals surface area (Å²) in [6.07, 6.45) is 0. The van der Waals surface area contributed by atoms with Gasteiger partial charge in [0.15, 0.2) is 0 Å². The number of nitrogens with zero attached hydrogens (tertiary/aromatic N) is 3. The molecule has 0 saturated heterocycles. The molecule has 0 aliphatic rings. The highest BCUT2D eigenvalue weighted by molar-refractivity contribution is 6.07. The summed E-state index contributed by atoms with van der Waals surface area (Å²) >= 11 is 0. The third-order valence-corrected chi connectivity index (χ3v) is 6.45. The van der Waals surface area contributed by atoms with Gasteiger partial charge in [-0.3, -0.25) is 9.59 Å². The van der Waals surface area contributed by atoms with Gasteiger partial charge in [-0.2, -0.15) is 0 Å². The SMILES string of the molecule is CN(C)c1ccc(C(=O)Nc2ccc(NC(=O)c3ccc4nc(-c5ccc(N(C)C)cc5)[nH]c4c3)cc2)cc1. The topological polar surface area (TPSA) is 93.4 Å². The zero-order valence-electron chi connectivity index (χ0n) is 22.3. The van der Waals surface area contributed by atoms with Gasteiger partial charge < -0.3 is 25.4 Å². The third-order valence-electron chi connectivity index (χ3n) is 6.45. The number of carbonyl (C=O) groups excluding carboxylic acids is 2. The standard InChI is InChI=1S/C31H30N6O2/c1-36(2)25-14-5-20(6-15-25)29-34-27-18-9-22(19-28(27)35-29)31(39)33-24-12-10-23(11-13-24)32-30(38)21-7-16-26(17-8-21)37(3)4/h5-19H,1-4H3,(H,32,38)(H,33,39)(H,34,35). The Morgan fingerprint density at radius 3 is 1.67 bits per heavy atom. The summed E-state index contributed by atoms with van der Waals surface area (Å²) in [4.78, 5) is 37.5. The molecular weight excluding hydrogens is 488 g/mol. The first-order chi connectivity index (χ1) is 18.8. The summed E-state index contributed by atoms with van der Waals surface area (Å²) < 4.78 is 0. The lowest BCUT2D eigenvalue weighted by atomic mass is 10.1. The molecule has 5 aromatic rings. The number of H-pyrrole nitrogens is 1. The number of nitrogens with one attached hydrogen (secondary N) is 3. The summed E-state index contributed by atoms with van der Waals surface area (Å²) in [5.41, 5.74) is 7.02. The highest BCUT2D eigenvalue weighted by Gasteiger charge is 2.12. The molecule has 2 amide bonds. The van der Waals surface area contributed by atoms with Crippen molar-refractivity contribution in [2.75, 3.05) is 48.6 Å². The second-order valence-electron chi connectivity index (χ2n) is 9.69. The van der Waals surface area contributed by atoms with E-state index in [2.05, 4.69) is 20.6 Å². The van der Waals surface area contributed by atoms with E-state index >= 15 is 0 Å². The summed E-state index contributed by atoms with van der Waals surface area (Å²) in [5.74, 6) is 0.318. The van der Waals surface area contributed by atoms with E-state index in [1.807, 2.05) is 80.5 Å². The number of imidazole rings is 1. The second kappa shape index (κ2) is 10.7. The Hall–Kier alpha value is -5.11. The predicted molar refractivity (Wildman–Crippen MR) is 159 cm³/mol. The van der Waals surface area contributed by atoms with E-state index in [0.717, 1.165) is 33.8 Å². The smallest absolute Gasteiger partial charge is 0.255 e. The molecule has 0 atom stereocenters. The minimum Gasteiger partial charge on any atom is -0.378 e. The summed E-state index contributed by atoms with van der Waals surface area (Å²) in [6, 6.07) is 27.9. The van der Waals surface area contributed by atoms with Crippen LogP contribution in [0.2, 0.25) is 0 Å². The van der Waals surface area contributed by atoms with Gasteiger partial charge in [-0.15, -0.1) is 0 Å². The van der Waals surface area contributed by atoms with Crippen LogP contribution in [-0.2, 0) is 0 Å². The van der Waals surface area contributed by atoms with Gasteiger partial charge in [0.1, 0.15) is 5.82 Å². The molecule has 0 radical (unpaired) electrons. The highest BCUT2D eigenvalue weighted by atomic mass is 16.2. The second-order valence-corrected chi connectivity index (χ2v) is 9.69. The number of aromatic nitrogens is 2.